The van der Waals surface area contributed by atoms with Crippen molar-refractivity contribution in [1.29, 1.82) is 0 Å². The highest BCUT2D eigenvalue weighted by molar-refractivity contribution is 5.78. The second kappa shape index (κ2) is 6.86. The summed E-state index contributed by atoms with van der Waals surface area (Å²) in [5.74, 6) is 0.371. The van der Waals surface area contributed by atoms with E-state index in [9.17, 15) is 4.79 Å². The summed E-state index contributed by atoms with van der Waals surface area (Å²) in [7, 11) is 0. The molecule has 0 aliphatic carbocycles. The molecule has 1 fully saturated rings. The van der Waals surface area contributed by atoms with Crippen molar-refractivity contribution in [3.8, 4) is 0 Å². The van der Waals surface area contributed by atoms with Crippen LogP contribution in [0.2, 0.25) is 0 Å². The van der Waals surface area contributed by atoms with E-state index in [1.165, 1.54) is 38.5 Å². The van der Waals surface area contributed by atoms with E-state index in [2.05, 4.69) is 18.7 Å². The van der Waals surface area contributed by atoms with E-state index in [1.807, 2.05) is 0 Å². The SMILES string of the molecule is CCCCCCCCN1C(=O)CCC1C. The lowest BCUT2D eigenvalue weighted by Gasteiger charge is -2.21. The van der Waals surface area contributed by atoms with Crippen molar-refractivity contribution < 1.29 is 4.79 Å². The molecule has 1 saturated heterocycles. The number of amides is 1. The number of hydrogen-bond donors (Lipinski definition) is 0. The summed E-state index contributed by atoms with van der Waals surface area (Å²) in [5, 5.41) is 0. The fraction of sp³-hybridized carbons (Fsp3) is 0.923. The normalized spacial score (nSPS) is 21.3. The highest BCUT2D eigenvalue weighted by atomic mass is 16.2. The third kappa shape index (κ3) is 4.23. The minimum Gasteiger partial charge on any atom is -0.340 e. The molecule has 1 heterocycles. The van der Waals surface area contributed by atoms with Crippen molar-refractivity contribution in [3.05, 3.63) is 0 Å². The summed E-state index contributed by atoms with van der Waals surface area (Å²) >= 11 is 0. The van der Waals surface area contributed by atoms with E-state index >= 15 is 0 Å². The zero-order valence-corrected chi connectivity index (χ0v) is 10.3. The molecule has 0 saturated carbocycles. The molecule has 1 amide bonds. The van der Waals surface area contributed by atoms with Gasteiger partial charge in [-0.15, -0.1) is 0 Å². The first kappa shape index (κ1) is 12.5. The van der Waals surface area contributed by atoms with Gasteiger partial charge in [-0.25, -0.2) is 0 Å². The molecule has 0 radical (unpaired) electrons. The number of hydrogen-bond acceptors (Lipinski definition) is 1. The van der Waals surface area contributed by atoms with Crippen LogP contribution in [0.15, 0.2) is 0 Å². The van der Waals surface area contributed by atoms with Crippen LogP contribution < -0.4 is 0 Å². The lowest BCUT2D eigenvalue weighted by atomic mass is 10.1. The van der Waals surface area contributed by atoms with Gasteiger partial charge in [0.25, 0.3) is 0 Å². The molecule has 0 N–H and O–H groups in total. The molecule has 0 bridgehead atoms. The zero-order chi connectivity index (χ0) is 11.1. The van der Waals surface area contributed by atoms with E-state index < -0.39 is 0 Å². The van der Waals surface area contributed by atoms with Gasteiger partial charge in [0.2, 0.25) is 5.91 Å². The molecule has 15 heavy (non-hydrogen) atoms. The maximum absolute atomic E-state index is 11.5. The summed E-state index contributed by atoms with van der Waals surface area (Å²) in [4.78, 5) is 13.5. The fourth-order valence-electron chi connectivity index (χ4n) is 2.29. The maximum Gasteiger partial charge on any atom is 0.222 e. The quantitative estimate of drug-likeness (QED) is 0.591. The smallest absolute Gasteiger partial charge is 0.222 e. The van der Waals surface area contributed by atoms with Gasteiger partial charge in [0, 0.05) is 19.0 Å². The summed E-state index contributed by atoms with van der Waals surface area (Å²) in [5.41, 5.74) is 0. The fourth-order valence-corrected chi connectivity index (χ4v) is 2.29. The Bertz CT molecular complexity index is 191. The van der Waals surface area contributed by atoms with Crippen molar-refractivity contribution in [2.75, 3.05) is 6.54 Å². The third-order valence-electron chi connectivity index (χ3n) is 3.38. The van der Waals surface area contributed by atoms with Gasteiger partial charge >= 0.3 is 0 Å². The van der Waals surface area contributed by atoms with Crippen molar-refractivity contribution in [2.45, 2.75) is 71.3 Å². The Morgan fingerprint density at radius 3 is 2.47 bits per heavy atom. The number of likely N-dealkylation sites (tertiary alicyclic amines) is 1. The summed E-state index contributed by atoms with van der Waals surface area (Å²) in [6, 6.07) is 0.494. The molecule has 1 atom stereocenters. The summed E-state index contributed by atoms with van der Waals surface area (Å²) in [6.07, 6.45) is 9.69. The lowest BCUT2D eigenvalue weighted by Crippen LogP contribution is -2.31. The molecule has 1 aliphatic rings. The van der Waals surface area contributed by atoms with E-state index in [1.54, 1.807) is 0 Å². The molecule has 2 heteroatoms. The standard InChI is InChI=1S/C13H25NO/c1-3-4-5-6-7-8-11-14-12(2)9-10-13(14)15/h12H,3-11H2,1-2H3. The highest BCUT2D eigenvalue weighted by Gasteiger charge is 2.26. The lowest BCUT2D eigenvalue weighted by molar-refractivity contribution is -0.128. The molecule has 88 valence electrons. The van der Waals surface area contributed by atoms with Gasteiger partial charge in [-0.3, -0.25) is 4.79 Å². The Labute approximate surface area is 94.0 Å². The Kier molecular flexibility index (Phi) is 5.74. The predicted molar refractivity (Wildman–Crippen MR) is 63.8 cm³/mol. The van der Waals surface area contributed by atoms with Crippen LogP contribution in [0.25, 0.3) is 0 Å². The highest BCUT2D eigenvalue weighted by Crippen LogP contribution is 2.18. The van der Waals surface area contributed by atoms with Gasteiger partial charge in [-0.05, 0) is 19.8 Å². The van der Waals surface area contributed by atoms with Crippen molar-refractivity contribution in [2.24, 2.45) is 0 Å². The molecule has 0 spiro atoms. The Balaban J connectivity index is 2.02. The molecule has 0 aromatic heterocycles. The number of carbonyl (C=O) groups excluding carboxylic acids is 1. The van der Waals surface area contributed by atoms with Gasteiger partial charge in [-0.2, -0.15) is 0 Å². The molecular formula is C13H25NO. The maximum atomic E-state index is 11.5. The Morgan fingerprint density at radius 2 is 1.87 bits per heavy atom. The van der Waals surface area contributed by atoms with Crippen LogP contribution in [0, 0.1) is 0 Å². The second-order valence-electron chi connectivity index (χ2n) is 4.74. The van der Waals surface area contributed by atoms with Crippen LogP contribution >= 0.6 is 0 Å². The minimum atomic E-state index is 0.371. The minimum absolute atomic E-state index is 0.371. The second-order valence-corrected chi connectivity index (χ2v) is 4.74. The third-order valence-corrected chi connectivity index (χ3v) is 3.38. The van der Waals surface area contributed by atoms with E-state index in [0.29, 0.717) is 11.9 Å². The first-order valence-electron chi connectivity index (χ1n) is 6.55. The number of nitrogens with zero attached hydrogens (tertiary/aromatic N) is 1. The molecule has 1 rings (SSSR count). The monoisotopic (exact) mass is 211 g/mol. The summed E-state index contributed by atoms with van der Waals surface area (Å²) in [6.45, 7) is 5.40. The molecule has 0 aromatic carbocycles. The molecular weight excluding hydrogens is 186 g/mol. The van der Waals surface area contributed by atoms with Gasteiger partial charge in [0.05, 0.1) is 0 Å². The van der Waals surface area contributed by atoms with Crippen molar-refractivity contribution >= 4 is 5.91 Å². The van der Waals surface area contributed by atoms with Gasteiger partial charge < -0.3 is 4.90 Å². The number of unbranched alkanes of at least 4 members (excludes halogenated alkanes) is 5. The summed E-state index contributed by atoms with van der Waals surface area (Å²) < 4.78 is 0. The predicted octanol–water partition coefficient (Wildman–Crippen LogP) is 3.36. The number of rotatable bonds is 7. The van der Waals surface area contributed by atoms with Crippen LogP contribution in [0.3, 0.4) is 0 Å². The number of carbonyl (C=O) groups is 1. The average Bonchev–Trinajstić information content (AvgIpc) is 2.54. The van der Waals surface area contributed by atoms with Gasteiger partial charge in [-0.1, -0.05) is 39.0 Å². The molecule has 1 unspecified atom stereocenters. The topological polar surface area (TPSA) is 20.3 Å². The molecule has 0 aromatic rings. The van der Waals surface area contributed by atoms with Crippen LogP contribution in [0.5, 0.6) is 0 Å². The van der Waals surface area contributed by atoms with Gasteiger partial charge in [0.15, 0.2) is 0 Å². The van der Waals surface area contributed by atoms with Crippen LogP contribution in [-0.2, 0) is 4.79 Å². The average molecular weight is 211 g/mol. The Morgan fingerprint density at radius 1 is 1.20 bits per heavy atom. The molecule has 2 nitrogen and oxygen atoms in total. The van der Waals surface area contributed by atoms with Crippen molar-refractivity contribution in [1.82, 2.24) is 4.90 Å². The van der Waals surface area contributed by atoms with Crippen LogP contribution in [0.1, 0.15) is 65.2 Å². The first-order chi connectivity index (χ1) is 7.25. The first-order valence-corrected chi connectivity index (χ1v) is 6.55. The van der Waals surface area contributed by atoms with E-state index in [4.69, 9.17) is 0 Å². The van der Waals surface area contributed by atoms with Crippen LogP contribution in [0.4, 0.5) is 0 Å². The zero-order valence-electron chi connectivity index (χ0n) is 10.3. The largest absolute Gasteiger partial charge is 0.340 e. The molecule has 1 aliphatic heterocycles. The van der Waals surface area contributed by atoms with E-state index in [-0.39, 0.29) is 0 Å². The van der Waals surface area contributed by atoms with Crippen molar-refractivity contribution in [3.63, 3.8) is 0 Å². The van der Waals surface area contributed by atoms with Crippen LogP contribution in [-0.4, -0.2) is 23.4 Å². The van der Waals surface area contributed by atoms with Gasteiger partial charge in [0.1, 0.15) is 0 Å². The van der Waals surface area contributed by atoms with E-state index in [0.717, 1.165) is 19.4 Å². The Hall–Kier alpha value is -0.530.